The molecule has 1 atom stereocenters. The van der Waals surface area contributed by atoms with Crippen molar-refractivity contribution in [1.82, 2.24) is 4.98 Å². The number of hydrogen-bond donors (Lipinski definition) is 1. The van der Waals surface area contributed by atoms with Crippen LogP contribution >= 0.6 is 0 Å². The van der Waals surface area contributed by atoms with Gasteiger partial charge in [0.25, 0.3) is 0 Å². The van der Waals surface area contributed by atoms with Crippen LogP contribution in [0.4, 0.5) is 0 Å². The smallest absolute Gasteiger partial charge is 0.0911 e. The molecule has 1 aliphatic rings. The molecule has 1 unspecified atom stereocenters. The highest BCUT2D eigenvalue weighted by Crippen LogP contribution is 2.44. The molecule has 0 saturated heterocycles. The van der Waals surface area contributed by atoms with Gasteiger partial charge in [-0.3, -0.25) is 4.98 Å². The fraction of sp³-hybridized carbons (Fsp3) is 0.500. The molecule has 0 spiro atoms. The van der Waals surface area contributed by atoms with Crippen molar-refractivity contribution in [3.8, 4) is 0 Å². The second kappa shape index (κ2) is 2.56. The largest absolute Gasteiger partial charge is 0.385 e. The third kappa shape index (κ3) is 1.23. The van der Waals surface area contributed by atoms with Crippen LogP contribution < -0.4 is 0 Å². The molecule has 0 amide bonds. The van der Waals surface area contributed by atoms with Crippen LogP contribution in [-0.4, -0.2) is 10.1 Å². The van der Waals surface area contributed by atoms with E-state index in [0.717, 1.165) is 18.4 Å². The summed E-state index contributed by atoms with van der Waals surface area (Å²) in [6.07, 6.45) is 5.76. The summed E-state index contributed by atoms with van der Waals surface area (Å²) >= 11 is 0. The Labute approximate surface area is 72.3 Å². The number of pyridine rings is 1. The van der Waals surface area contributed by atoms with Crippen LogP contribution in [0.2, 0.25) is 0 Å². The zero-order valence-electron chi connectivity index (χ0n) is 7.20. The van der Waals surface area contributed by atoms with Crippen LogP contribution in [0.1, 0.15) is 25.3 Å². The van der Waals surface area contributed by atoms with E-state index < -0.39 is 5.60 Å². The van der Waals surface area contributed by atoms with E-state index in [1.165, 1.54) is 0 Å². The molecule has 64 valence electrons. The molecule has 2 nitrogen and oxygen atoms in total. The normalized spacial score (nSPS) is 21.8. The van der Waals surface area contributed by atoms with Crippen molar-refractivity contribution in [3.63, 3.8) is 0 Å². The average Bonchev–Trinajstić information content (AvgIpc) is 2.88. The average molecular weight is 163 g/mol. The van der Waals surface area contributed by atoms with Gasteiger partial charge in [0.05, 0.1) is 5.60 Å². The topological polar surface area (TPSA) is 33.1 Å². The van der Waals surface area contributed by atoms with Crippen LogP contribution in [0.15, 0.2) is 24.5 Å². The van der Waals surface area contributed by atoms with E-state index in [0.29, 0.717) is 5.92 Å². The van der Waals surface area contributed by atoms with E-state index in [4.69, 9.17) is 0 Å². The molecule has 1 N–H and O–H groups in total. The van der Waals surface area contributed by atoms with Gasteiger partial charge in [0.15, 0.2) is 0 Å². The summed E-state index contributed by atoms with van der Waals surface area (Å²) in [4.78, 5) is 4.00. The van der Waals surface area contributed by atoms with Gasteiger partial charge >= 0.3 is 0 Å². The van der Waals surface area contributed by atoms with Gasteiger partial charge in [-0.25, -0.2) is 0 Å². The Morgan fingerprint density at radius 2 is 2.33 bits per heavy atom. The van der Waals surface area contributed by atoms with Gasteiger partial charge in [-0.05, 0) is 31.7 Å². The maximum Gasteiger partial charge on any atom is 0.0911 e. The van der Waals surface area contributed by atoms with Gasteiger partial charge in [-0.1, -0.05) is 6.07 Å². The minimum atomic E-state index is -0.658. The van der Waals surface area contributed by atoms with Crippen LogP contribution in [0.5, 0.6) is 0 Å². The molecule has 1 aromatic heterocycles. The minimum absolute atomic E-state index is 0.446. The van der Waals surface area contributed by atoms with Crippen molar-refractivity contribution < 1.29 is 5.11 Å². The molecule has 0 bridgehead atoms. The van der Waals surface area contributed by atoms with Crippen molar-refractivity contribution in [3.05, 3.63) is 30.1 Å². The molecule has 1 fully saturated rings. The van der Waals surface area contributed by atoms with Crippen molar-refractivity contribution in [2.45, 2.75) is 25.4 Å². The Balaban J connectivity index is 2.28. The van der Waals surface area contributed by atoms with Crippen LogP contribution in [0, 0.1) is 5.92 Å². The number of nitrogens with zero attached hydrogens (tertiary/aromatic N) is 1. The third-order valence-electron chi connectivity index (χ3n) is 2.62. The quantitative estimate of drug-likeness (QED) is 0.719. The number of rotatable bonds is 2. The highest BCUT2D eigenvalue weighted by atomic mass is 16.3. The van der Waals surface area contributed by atoms with Gasteiger partial charge in [-0.15, -0.1) is 0 Å². The molecule has 12 heavy (non-hydrogen) atoms. The lowest BCUT2D eigenvalue weighted by Gasteiger charge is -2.22. The second-order valence-corrected chi connectivity index (χ2v) is 3.66. The SMILES string of the molecule is CC(O)(c1cccnc1)C1CC1. The van der Waals surface area contributed by atoms with E-state index in [1.54, 1.807) is 12.4 Å². The molecule has 1 aliphatic carbocycles. The summed E-state index contributed by atoms with van der Waals surface area (Å²) in [5.74, 6) is 0.446. The molecule has 1 heterocycles. The maximum atomic E-state index is 10.1. The summed E-state index contributed by atoms with van der Waals surface area (Å²) in [5, 5.41) is 10.1. The van der Waals surface area contributed by atoms with E-state index in [-0.39, 0.29) is 0 Å². The van der Waals surface area contributed by atoms with Crippen molar-refractivity contribution in [1.29, 1.82) is 0 Å². The first-order chi connectivity index (χ1) is 5.71. The molecule has 2 heteroatoms. The predicted molar refractivity (Wildman–Crippen MR) is 46.5 cm³/mol. The Hall–Kier alpha value is -0.890. The predicted octanol–water partition coefficient (Wildman–Crippen LogP) is 1.70. The lowest BCUT2D eigenvalue weighted by Crippen LogP contribution is -2.23. The summed E-state index contributed by atoms with van der Waals surface area (Å²) in [5.41, 5.74) is 0.279. The Morgan fingerprint density at radius 3 is 2.83 bits per heavy atom. The van der Waals surface area contributed by atoms with Crippen molar-refractivity contribution >= 4 is 0 Å². The zero-order chi connectivity index (χ0) is 8.60. The lowest BCUT2D eigenvalue weighted by atomic mass is 9.92. The van der Waals surface area contributed by atoms with Crippen LogP contribution in [0.3, 0.4) is 0 Å². The second-order valence-electron chi connectivity index (χ2n) is 3.66. The molecule has 2 rings (SSSR count). The summed E-state index contributed by atoms with van der Waals surface area (Å²) in [6, 6.07) is 3.80. The molecule has 0 aromatic carbocycles. The van der Waals surface area contributed by atoms with Gasteiger partial charge in [-0.2, -0.15) is 0 Å². The standard InChI is InChI=1S/C10H13NO/c1-10(12,8-4-5-8)9-3-2-6-11-7-9/h2-3,6-8,12H,4-5H2,1H3. The highest BCUT2D eigenvalue weighted by Gasteiger charge is 2.41. The van der Waals surface area contributed by atoms with Crippen molar-refractivity contribution in [2.24, 2.45) is 5.92 Å². The van der Waals surface area contributed by atoms with Crippen LogP contribution in [0.25, 0.3) is 0 Å². The van der Waals surface area contributed by atoms with E-state index in [2.05, 4.69) is 4.98 Å². The molecule has 0 radical (unpaired) electrons. The fourth-order valence-corrected chi connectivity index (χ4v) is 1.54. The number of aliphatic hydroxyl groups is 1. The van der Waals surface area contributed by atoms with E-state index in [9.17, 15) is 5.11 Å². The first-order valence-corrected chi connectivity index (χ1v) is 4.34. The Morgan fingerprint density at radius 1 is 1.58 bits per heavy atom. The summed E-state index contributed by atoms with van der Waals surface area (Å²) in [7, 11) is 0. The molecular formula is C10H13NO. The van der Waals surface area contributed by atoms with Crippen molar-refractivity contribution in [2.75, 3.05) is 0 Å². The zero-order valence-corrected chi connectivity index (χ0v) is 7.20. The first-order valence-electron chi connectivity index (χ1n) is 4.34. The summed E-state index contributed by atoms with van der Waals surface area (Å²) in [6.45, 7) is 1.88. The molecular weight excluding hydrogens is 150 g/mol. The number of hydrogen-bond acceptors (Lipinski definition) is 2. The van der Waals surface area contributed by atoms with E-state index in [1.807, 2.05) is 19.1 Å². The maximum absolute atomic E-state index is 10.1. The Kier molecular flexibility index (Phi) is 1.65. The monoisotopic (exact) mass is 163 g/mol. The minimum Gasteiger partial charge on any atom is -0.385 e. The lowest BCUT2D eigenvalue weighted by molar-refractivity contribution is 0.0327. The van der Waals surface area contributed by atoms with E-state index >= 15 is 0 Å². The number of aromatic nitrogens is 1. The Bertz CT molecular complexity index is 264. The highest BCUT2D eigenvalue weighted by molar-refractivity contribution is 5.19. The molecule has 1 saturated carbocycles. The molecule has 0 aliphatic heterocycles. The van der Waals surface area contributed by atoms with Crippen LogP contribution in [-0.2, 0) is 5.60 Å². The van der Waals surface area contributed by atoms with Gasteiger partial charge < -0.3 is 5.11 Å². The summed E-state index contributed by atoms with van der Waals surface area (Å²) < 4.78 is 0. The van der Waals surface area contributed by atoms with Gasteiger partial charge in [0, 0.05) is 18.0 Å². The fourth-order valence-electron chi connectivity index (χ4n) is 1.54. The van der Waals surface area contributed by atoms with Gasteiger partial charge in [0.2, 0.25) is 0 Å². The molecule has 1 aromatic rings. The first kappa shape index (κ1) is 7.74. The van der Waals surface area contributed by atoms with Gasteiger partial charge in [0.1, 0.15) is 0 Å². The third-order valence-corrected chi connectivity index (χ3v) is 2.62.